The van der Waals surface area contributed by atoms with E-state index >= 15 is 0 Å². The van der Waals surface area contributed by atoms with Gasteiger partial charge in [0.2, 0.25) is 0 Å². The Morgan fingerprint density at radius 2 is 1.86 bits per heavy atom. The molecule has 4 aromatic rings. The minimum Gasteiger partial charge on any atom is -0.339 e. The molecule has 1 N–H and O–H groups in total. The maximum absolute atomic E-state index is 4.41. The number of rotatable bonds is 2. The summed E-state index contributed by atoms with van der Waals surface area (Å²) in [6.07, 6.45) is 3.40. The molecule has 0 aliphatic carbocycles. The zero-order valence-corrected chi connectivity index (χ0v) is 12.2. The van der Waals surface area contributed by atoms with Crippen LogP contribution in [0.5, 0.6) is 0 Å². The van der Waals surface area contributed by atoms with Crippen LogP contribution in [0.1, 0.15) is 5.56 Å². The fourth-order valence-corrected chi connectivity index (χ4v) is 3.32. The molecule has 0 atom stereocenters. The van der Waals surface area contributed by atoms with Gasteiger partial charge in [-0.3, -0.25) is 0 Å². The summed E-state index contributed by atoms with van der Waals surface area (Å²) in [6.45, 7) is 2.07. The number of thiophene rings is 1. The number of hydrogen-bond donors (Lipinski definition) is 1. The number of nitrogens with one attached hydrogen (secondary N) is 1. The number of aromatic nitrogens is 3. The van der Waals surface area contributed by atoms with E-state index in [0.717, 1.165) is 31.9 Å². The third kappa shape index (κ3) is 2.11. The van der Waals surface area contributed by atoms with E-state index in [-0.39, 0.29) is 0 Å². The van der Waals surface area contributed by atoms with Gasteiger partial charge in [0.25, 0.3) is 0 Å². The Balaban J connectivity index is 1.86. The van der Waals surface area contributed by atoms with Crippen LogP contribution in [0.4, 0.5) is 11.5 Å². The van der Waals surface area contributed by atoms with Crippen molar-refractivity contribution in [3.05, 3.63) is 54.5 Å². The fraction of sp³-hybridized carbons (Fsp3) is 0.0625. The topological polar surface area (TPSA) is 50.7 Å². The molecule has 0 aliphatic heterocycles. The van der Waals surface area contributed by atoms with Crippen molar-refractivity contribution in [1.82, 2.24) is 15.0 Å². The molecule has 21 heavy (non-hydrogen) atoms. The molecule has 0 unspecified atom stereocenters. The number of anilines is 2. The minimum atomic E-state index is 0.826. The molecule has 0 radical (unpaired) electrons. The molecule has 5 heteroatoms. The van der Waals surface area contributed by atoms with Gasteiger partial charge in [0.1, 0.15) is 11.2 Å². The Kier molecular flexibility index (Phi) is 2.79. The van der Waals surface area contributed by atoms with Crippen molar-refractivity contribution in [2.45, 2.75) is 6.92 Å². The van der Waals surface area contributed by atoms with E-state index < -0.39 is 0 Å². The Hall–Kier alpha value is -2.53. The molecule has 0 saturated heterocycles. The molecule has 0 saturated carbocycles. The first-order valence-electron chi connectivity index (χ1n) is 6.63. The summed E-state index contributed by atoms with van der Waals surface area (Å²) in [5, 5.41) is 4.44. The van der Waals surface area contributed by atoms with Crippen molar-refractivity contribution in [1.29, 1.82) is 0 Å². The highest BCUT2D eigenvalue weighted by atomic mass is 32.1. The maximum Gasteiger partial charge on any atom is 0.151 e. The van der Waals surface area contributed by atoms with Crippen molar-refractivity contribution in [3.63, 3.8) is 0 Å². The molecule has 1 aromatic carbocycles. The Morgan fingerprint density at radius 1 is 1.00 bits per heavy atom. The van der Waals surface area contributed by atoms with Crippen LogP contribution in [0.3, 0.4) is 0 Å². The van der Waals surface area contributed by atoms with E-state index in [4.69, 9.17) is 0 Å². The van der Waals surface area contributed by atoms with Crippen LogP contribution >= 0.6 is 11.3 Å². The lowest BCUT2D eigenvalue weighted by molar-refractivity contribution is 1.23. The van der Waals surface area contributed by atoms with Crippen LogP contribution in [-0.4, -0.2) is 15.0 Å². The largest absolute Gasteiger partial charge is 0.339 e. The zero-order valence-electron chi connectivity index (χ0n) is 11.4. The zero-order chi connectivity index (χ0) is 14.2. The molecule has 102 valence electrons. The molecule has 0 fully saturated rings. The van der Waals surface area contributed by atoms with E-state index in [1.165, 1.54) is 5.56 Å². The van der Waals surface area contributed by atoms with E-state index in [0.29, 0.717) is 0 Å². The molecule has 4 rings (SSSR count). The van der Waals surface area contributed by atoms with Crippen LogP contribution in [0.2, 0.25) is 0 Å². The lowest BCUT2D eigenvalue weighted by Gasteiger charge is -2.06. The van der Waals surface area contributed by atoms with Gasteiger partial charge in [0.15, 0.2) is 5.82 Å². The summed E-state index contributed by atoms with van der Waals surface area (Å²) in [7, 11) is 0. The van der Waals surface area contributed by atoms with Crippen LogP contribution in [0.25, 0.3) is 20.4 Å². The highest BCUT2D eigenvalue weighted by molar-refractivity contribution is 7.25. The molecule has 0 aliphatic rings. The van der Waals surface area contributed by atoms with Gasteiger partial charge >= 0.3 is 0 Å². The van der Waals surface area contributed by atoms with Crippen molar-refractivity contribution < 1.29 is 0 Å². The second-order valence-electron chi connectivity index (χ2n) is 4.85. The first-order valence-corrected chi connectivity index (χ1v) is 7.45. The quantitative estimate of drug-likeness (QED) is 0.598. The number of benzene rings is 1. The van der Waals surface area contributed by atoms with Crippen molar-refractivity contribution in [3.8, 4) is 0 Å². The average molecular weight is 292 g/mol. The number of hydrogen-bond acceptors (Lipinski definition) is 5. The van der Waals surface area contributed by atoms with Gasteiger partial charge in [-0.2, -0.15) is 0 Å². The normalized spacial score (nSPS) is 11.1. The van der Waals surface area contributed by atoms with Crippen molar-refractivity contribution in [2.24, 2.45) is 0 Å². The summed E-state index contributed by atoms with van der Waals surface area (Å²) in [5.41, 5.74) is 3.21. The molecule has 0 spiro atoms. The Labute approximate surface area is 125 Å². The van der Waals surface area contributed by atoms with Gasteiger partial charge in [-0.05, 0) is 31.2 Å². The highest BCUT2D eigenvalue weighted by Crippen LogP contribution is 2.35. The van der Waals surface area contributed by atoms with Crippen molar-refractivity contribution >= 4 is 43.3 Å². The fourth-order valence-electron chi connectivity index (χ4n) is 2.27. The smallest absolute Gasteiger partial charge is 0.151 e. The Bertz CT molecular complexity index is 928. The summed E-state index contributed by atoms with van der Waals surface area (Å²) in [6, 6.07) is 12.2. The molecule has 3 heterocycles. The first kappa shape index (κ1) is 12.2. The van der Waals surface area contributed by atoms with Crippen LogP contribution < -0.4 is 5.32 Å². The number of pyridine rings is 1. The molecular weight excluding hydrogens is 280 g/mol. The first-order chi connectivity index (χ1) is 10.3. The van der Waals surface area contributed by atoms with Crippen LogP contribution in [0.15, 0.2) is 48.9 Å². The predicted octanol–water partition coefficient (Wildman–Crippen LogP) is 4.29. The number of nitrogens with zero attached hydrogens (tertiary/aromatic N) is 3. The van der Waals surface area contributed by atoms with Gasteiger partial charge in [-0.15, -0.1) is 11.3 Å². The summed E-state index contributed by atoms with van der Waals surface area (Å²) in [4.78, 5) is 14.2. The second kappa shape index (κ2) is 4.79. The van der Waals surface area contributed by atoms with Gasteiger partial charge in [0, 0.05) is 17.3 Å². The standard InChI is InChI=1S/C16H12N4S/c1-10-4-6-11(7-5-10)20-15-14-13(18-9-19-15)12-3-2-8-17-16(12)21-14/h2-9H,1H3,(H,18,19,20). The van der Waals surface area contributed by atoms with Crippen LogP contribution in [0, 0.1) is 6.92 Å². The molecule has 3 aromatic heterocycles. The van der Waals surface area contributed by atoms with Gasteiger partial charge in [-0.1, -0.05) is 17.7 Å². The van der Waals surface area contributed by atoms with Crippen LogP contribution in [-0.2, 0) is 0 Å². The van der Waals surface area contributed by atoms with E-state index in [1.807, 2.05) is 12.1 Å². The van der Waals surface area contributed by atoms with Gasteiger partial charge in [-0.25, -0.2) is 15.0 Å². The third-order valence-corrected chi connectivity index (χ3v) is 4.45. The highest BCUT2D eigenvalue weighted by Gasteiger charge is 2.11. The molecule has 0 bridgehead atoms. The van der Waals surface area contributed by atoms with Gasteiger partial charge < -0.3 is 5.32 Å². The van der Waals surface area contributed by atoms with E-state index in [9.17, 15) is 0 Å². The summed E-state index contributed by atoms with van der Waals surface area (Å²) in [5.74, 6) is 0.826. The summed E-state index contributed by atoms with van der Waals surface area (Å²) >= 11 is 1.61. The second-order valence-corrected chi connectivity index (χ2v) is 5.85. The number of aryl methyl sites for hydroxylation is 1. The SMILES string of the molecule is Cc1ccc(Nc2ncnc3c2sc2ncccc23)cc1. The lowest BCUT2D eigenvalue weighted by atomic mass is 10.2. The molecular formula is C16H12N4S. The predicted molar refractivity (Wildman–Crippen MR) is 87.2 cm³/mol. The minimum absolute atomic E-state index is 0.826. The molecule has 0 amide bonds. The van der Waals surface area contributed by atoms with E-state index in [1.54, 1.807) is 23.9 Å². The lowest BCUT2D eigenvalue weighted by Crippen LogP contribution is -1.94. The summed E-state index contributed by atoms with van der Waals surface area (Å²) < 4.78 is 1.03. The Morgan fingerprint density at radius 3 is 2.71 bits per heavy atom. The third-order valence-electron chi connectivity index (χ3n) is 3.34. The van der Waals surface area contributed by atoms with Crippen molar-refractivity contribution in [2.75, 3.05) is 5.32 Å². The van der Waals surface area contributed by atoms with Gasteiger partial charge in [0.05, 0.1) is 10.2 Å². The van der Waals surface area contributed by atoms with E-state index in [2.05, 4.69) is 51.5 Å². The number of fused-ring (bicyclic) bond motifs is 3. The maximum atomic E-state index is 4.41. The monoisotopic (exact) mass is 292 g/mol. The average Bonchev–Trinajstić information content (AvgIpc) is 2.89. The molecule has 4 nitrogen and oxygen atoms in total.